The van der Waals surface area contributed by atoms with Crippen molar-refractivity contribution in [2.75, 3.05) is 39.6 Å². The molecule has 0 aromatic heterocycles. The first-order valence-corrected chi connectivity index (χ1v) is 44.5. The first-order chi connectivity index (χ1) is 47.8. The van der Waals surface area contributed by atoms with Crippen molar-refractivity contribution >= 4 is 39.5 Å². The van der Waals surface area contributed by atoms with Gasteiger partial charge in [0, 0.05) is 25.7 Å². The first kappa shape index (κ1) is 97.1. The smallest absolute Gasteiger partial charge is 0.462 e. The monoisotopic (exact) mass is 1450 g/mol. The topological polar surface area (TPSA) is 237 Å². The summed E-state index contributed by atoms with van der Waals surface area (Å²) in [6.07, 6.45) is 58.1. The molecule has 0 radical (unpaired) electrons. The van der Waals surface area contributed by atoms with Crippen LogP contribution >= 0.6 is 15.6 Å². The molecule has 99 heavy (non-hydrogen) atoms. The van der Waals surface area contributed by atoms with Crippen LogP contribution in [-0.4, -0.2) is 96.7 Å². The van der Waals surface area contributed by atoms with Crippen molar-refractivity contribution < 1.29 is 80.2 Å². The molecule has 5 unspecified atom stereocenters. The van der Waals surface area contributed by atoms with Gasteiger partial charge in [-0.2, -0.15) is 0 Å². The zero-order valence-corrected chi connectivity index (χ0v) is 66.8. The van der Waals surface area contributed by atoms with Crippen molar-refractivity contribution in [2.45, 2.75) is 433 Å². The largest absolute Gasteiger partial charge is 0.472 e. The van der Waals surface area contributed by atoms with Crippen LogP contribution in [0.5, 0.6) is 0 Å². The molecule has 0 bridgehead atoms. The summed E-state index contributed by atoms with van der Waals surface area (Å²) in [6.45, 7) is 12.0. The molecule has 0 aliphatic heterocycles. The maximum Gasteiger partial charge on any atom is 0.472 e. The highest BCUT2D eigenvalue weighted by atomic mass is 31.2. The third kappa shape index (κ3) is 70.2. The van der Waals surface area contributed by atoms with Crippen LogP contribution in [0.3, 0.4) is 0 Å². The van der Waals surface area contributed by atoms with E-state index in [1.807, 2.05) is 0 Å². The van der Waals surface area contributed by atoms with E-state index in [4.69, 9.17) is 37.0 Å². The van der Waals surface area contributed by atoms with Gasteiger partial charge < -0.3 is 33.8 Å². The number of phosphoric ester groups is 2. The van der Waals surface area contributed by atoms with E-state index in [-0.39, 0.29) is 25.7 Å². The minimum absolute atomic E-state index is 0.106. The van der Waals surface area contributed by atoms with E-state index >= 15 is 0 Å². The summed E-state index contributed by atoms with van der Waals surface area (Å²) >= 11 is 0. The van der Waals surface area contributed by atoms with Crippen molar-refractivity contribution in [1.29, 1.82) is 0 Å². The lowest BCUT2D eigenvalue weighted by molar-refractivity contribution is -0.161. The highest BCUT2D eigenvalue weighted by Gasteiger charge is 2.30. The third-order valence-corrected chi connectivity index (χ3v) is 21.6. The Bertz CT molecular complexity index is 1930. The molecular weight excluding hydrogens is 1290 g/mol. The Morgan fingerprint density at radius 2 is 0.485 bits per heavy atom. The van der Waals surface area contributed by atoms with Gasteiger partial charge in [0.2, 0.25) is 0 Å². The highest BCUT2D eigenvalue weighted by Crippen LogP contribution is 2.45. The van der Waals surface area contributed by atoms with E-state index in [2.05, 4.69) is 48.5 Å². The first-order valence-electron chi connectivity index (χ1n) is 41.5. The van der Waals surface area contributed by atoms with Crippen molar-refractivity contribution in [2.24, 2.45) is 17.8 Å². The number of aliphatic hydroxyl groups is 1. The molecule has 0 aliphatic carbocycles. The Balaban J connectivity index is 5.20. The molecule has 19 heteroatoms. The molecule has 0 spiro atoms. The zero-order chi connectivity index (χ0) is 73.0. The lowest BCUT2D eigenvalue weighted by Crippen LogP contribution is -2.30. The van der Waals surface area contributed by atoms with Crippen LogP contribution in [0.2, 0.25) is 0 Å². The number of rotatable bonds is 78. The van der Waals surface area contributed by atoms with Gasteiger partial charge in [0.15, 0.2) is 12.2 Å². The fraction of sp³-hybridized carbons (Fsp3) is 0.950. The van der Waals surface area contributed by atoms with Crippen LogP contribution in [0.1, 0.15) is 414 Å². The number of carbonyl (C=O) groups excluding carboxylic acids is 4. The molecule has 0 amide bonds. The number of hydrogen-bond acceptors (Lipinski definition) is 15. The van der Waals surface area contributed by atoms with Gasteiger partial charge in [0.1, 0.15) is 19.3 Å². The summed E-state index contributed by atoms with van der Waals surface area (Å²) in [4.78, 5) is 72.9. The van der Waals surface area contributed by atoms with E-state index in [0.717, 1.165) is 108 Å². The predicted molar refractivity (Wildman–Crippen MR) is 405 cm³/mol. The van der Waals surface area contributed by atoms with E-state index in [1.54, 1.807) is 0 Å². The van der Waals surface area contributed by atoms with Gasteiger partial charge in [0.05, 0.1) is 26.4 Å². The van der Waals surface area contributed by atoms with Gasteiger partial charge in [-0.25, -0.2) is 9.13 Å². The second-order valence-electron chi connectivity index (χ2n) is 29.5. The summed E-state index contributed by atoms with van der Waals surface area (Å²) in [5.74, 6) is 0.370. The molecule has 0 aromatic carbocycles. The molecule has 0 heterocycles. The predicted octanol–water partition coefficient (Wildman–Crippen LogP) is 23.7. The quantitative estimate of drug-likeness (QED) is 0.0222. The number of ether oxygens (including phenoxy) is 4. The fourth-order valence-corrected chi connectivity index (χ4v) is 13.8. The number of aliphatic hydroxyl groups excluding tert-OH is 1. The number of hydrogen-bond donors (Lipinski definition) is 3. The molecule has 0 aromatic rings. The van der Waals surface area contributed by atoms with Crippen LogP contribution in [0.15, 0.2) is 0 Å². The standard InChI is InChI=1S/C80H156O17P2/c1-8-12-13-14-15-30-40-47-54-61-77(82)90-67-75(97-80(85)64-57-50-43-36-29-27-33-39-46-53-60-73(7)11-4)69-94-98(86,87)92-65-74(81)66-93-99(88,89)95-70-76(68-91-78(83)62-55-48-41-34-28-26-32-38-45-52-59-72(6)10-3)96-79(84)63-56-49-42-35-25-23-21-19-17-16-18-20-22-24-31-37-44-51-58-71(5)9-2/h71-76,81H,8-70H2,1-7H3,(H,86,87)(H,88,89)/t71?,72?,73?,74-,75+,76+/m0/s1. The average Bonchev–Trinajstić information content (AvgIpc) is 0.994. The van der Waals surface area contributed by atoms with Gasteiger partial charge in [-0.1, -0.05) is 363 Å². The van der Waals surface area contributed by atoms with Gasteiger partial charge in [-0.3, -0.25) is 37.3 Å². The van der Waals surface area contributed by atoms with Gasteiger partial charge >= 0.3 is 39.5 Å². The third-order valence-electron chi connectivity index (χ3n) is 19.7. The average molecular weight is 1450 g/mol. The summed E-state index contributed by atoms with van der Waals surface area (Å²) in [7, 11) is -9.92. The van der Waals surface area contributed by atoms with Crippen LogP contribution < -0.4 is 0 Å². The Hall–Kier alpha value is -1.94. The van der Waals surface area contributed by atoms with Crippen molar-refractivity contribution in [3.63, 3.8) is 0 Å². The molecule has 0 rings (SSSR count). The summed E-state index contributed by atoms with van der Waals surface area (Å²) in [6, 6.07) is 0. The molecule has 0 saturated heterocycles. The van der Waals surface area contributed by atoms with Crippen molar-refractivity contribution in [3.05, 3.63) is 0 Å². The second-order valence-corrected chi connectivity index (χ2v) is 32.4. The minimum Gasteiger partial charge on any atom is -0.462 e. The normalized spacial score (nSPS) is 14.8. The Labute approximate surface area is 607 Å². The number of phosphoric acid groups is 2. The van der Waals surface area contributed by atoms with E-state index < -0.39 is 97.5 Å². The zero-order valence-electron chi connectivity index (χ0n) is 65.0. The summed E-state index contributed by atoms with van der Waals surface area (Å²) in [5.41, 5.74) is 0. The second kappa shape index (κ2) is 70.4. The van der Waals surface area contributed by atoms with Crippen LogP contribution in [0.4, 0.5) is 0 Å². The highest BCUT2D eigenvalue weighted by molar-refractivity contribution is 7.47. The number of carbonyl (C=O) groups is 4. The molecule has 588 valence electrons. The molecule has 0 aliphatic rings. The summed E-state index contributed by atoms with van der Waals surface area (Å²) in [5, 5.41) is 10.6. The van der Waals surface area contributed by atoms with Gasteiger partial charge in [-0.15, -0.1) is 0 Å². The molecule has 8 atom stereocenters. The molecule has 0 fully saturated rings. The lowest BCUT2D eigenvalue weighted by atomic mass is 9.99. The van der Waals surface area contributed by atoms with E-state index in [9.17, 15) is 43.2 Å². The Kier molecular flexibility index (Phi) is 69.0. The van der Waals surface area contributed by atoms with Gasteiger partial charge in [-0.05, 0) is 43.4 Å². The van der Waals surface area contributed by atoms with Crippen molar-refractivity contribution in [3.8, 4) is 0 Å². The Morgan fingerprint density at radius 3 is 0.717 bits per heavy atom. The molecule has 17 nitrogen and oxygen atoms in total. The SMILES string of the molecule is CCCCCCCCCCCC(=O)OC[C@H](COP(=O)(O)OC[C@H](O)COP(=O)(O)OC[C@@H](COC(=O)CCCCCCCCCCCCC(C)CC)OC(=O)CCCCCCCCCCCCCCCCCCCCC(C)CC)OC(=O)CCCCCCCCCCCCC(C)CC. The Morgan fingerprint density at radius 1 is 0.283 bits per heavy atom. The van der Waals surface area contributed by atoms with Crippen LogP contribution in [0, 0.1) is 17.8 Å². The fourth-order valence-electron chi connectivity index (χ4n) is 12.2. The number of esters is 4. The van der Waals surface area contributed by atoms with E-state index in [1.165, 1.54) is 225 Å². The lowest BCUT2D eigenvalue weighted by Gasteiger charge is -2.21. The minimum atomic E-state index is -4.96. The summed E-state index contributed by atoms with van der Waals surface area (Å²) < 4.78 is 68.6. The number of unbranched alkanes of at least 4 members (excludes halogenated alkanes) is 43. The van der Waals surface area contributed by atoms with E-state index in [0.29, 0.717) is 25.7 Å². The van der Waals surface area contributed by atoms with Crippen LogP contribution in [0.25, 0.3) is 0 Å². The van der Waals surface area contributed by atoms with Gasteiger partial charge in [0.25, 0.3) is 0 Å². The maximum atomic E-state index is 13.1. The molecule has 3 N–H and O–H groups in total. The van der Waals surface area contributed by atoms with Crippen LogP contribution in [-0.2, 0) is 65.4 Å². The molecule has 0 saturated carbocycles. The molecular formula is C80H156O17P2. The van der Waals surface area contributed by atoms with Crippen molar-refractivity contribution in [1.82, 2.24) is 0 Å². The maximum absolute atomic E-state index is 13.1.